The Hall–Kier alpha value is -1.43. The smallest absolute Gasteiger partial charge is 0.213 e. The van der Waals surface area contributed by atoms with Gasteiger partial charge in [-0.05, 0) is 29.8 Å². The van der Waals surface area contributed by atoms with E-state index in [0.29, 0.717) is 12.4 Å². The molecule has 0 spiro atoms. The highest BCUT2D eigenvalue weighted by Gasteiger charge is 2.09. The Balaban J connectivity index is 2.11. The van der Waals surface area contributed by atoms with Gasteiger partial charge in [0.1, 0.15) is 22.0 Å². The van der Waals surface area contributed by atoms with Gasteiger partial charge in [-0.1, -0.05) is 13.8 Å². The normalized spacial score (nSPS) is 11.1. The van der Waals surface area contributed by atoms with Gasteiger partial charge in [-0.25, -0.2) is 15.0 Å². The molecule has 0 radical (unpaired) electrons. The zero-order chi connectivity index (χ0) is 14.0. The molecular weight excluding hydrogens is 308 g/mol. The van der Waals surface area contributed by atoms with Crippen LogP contribution in [-0.2, 0) is 6.54 Å². The summed E-state index contributed by atoms with van der Waals surface area (Å²) in [6.45, 7) is 8.47. The van der Waals surface area contributed by atoms with Crippen LogP contribution in [0.5, 0.6) is 0 Å². The van der Waals surface area contributed by atoms with Crippen molar-refractivity contribution in [2.75, 3.05) is 5.32 Å². The molecule has 2 rings (SSSR count). The van der Waals surface area contributed by atoms with E-state index in [-0.39, 0.29) is 5.92 Å². The van der Waals surface area contributed by atoms with E-state index < -0.39 is 0 Å². The van der Waals surface area contributed by atoms with Gasteiger partial charge in [0.05, 0.1) is 12.2 Å². The van der Waals surface area contributed by atoms with Gasteiger partial charge in [0, 0.05) is 12.0 Å². The van der Waals surface area contributed by atoms with Crippen LogP contribution >= 0.6 is 15.9 Å². The molecule has 0 amide bonds. The SMILES string of the molecule is Cc1nc(CNc2cc(Br)nc(C(C)C)n2)oc1C. The number of aryl methyl sites for hydroxylation is 2. The first-order valence-electron chi connectivity index (χ1n) is 6.17. The number of aromatic nitrogens is 3. The second kappa shape index (κ2) is 5.69. The van der Waals surface area contributed by atoms with Gasteiger partial charge in [0.25, 0.3) is 0 Å². The van der Waals surface area contributed by atoms with Gasteiger partial charge in [-0.15, -0.1) is 0 Å². The van der Waals surface area contributed by atoms with Crippen LogP contribution in [0.4, 0.5) is 5.82 Å². The molecular formula is C13H17BrN4O. The summed E-state index contributed by atoms with van der Waals surface area (Å²) in [4.78, 5) is 13.1. The first kappa shape index (κ1) is 14.0. The predicted octanol–water partition coefficient (Wildman–Crippen LogP) is 3.58. The number of anilines is 1. The summed E-state index contributed by atoms with van der Waals surface area (Å²) in [7, 11) is 0. The molecule has 0 unspecified atom stereocenters. The van der Waals surface area contributed by atoms with Crippen LogP contribution in [0.25, 0.3) is 0 Å². The lowest BCUT2D eigenvalue weighted by Gasteiger charge is -2.08. The van der Waals surface area contributed by atoms with Crippen LogP contribution in [0, 0.1) is 13.8 Å². The summed E-state index contributed by atoms with van der Waals surface area (Å²) < 4.78 is 6.29. The first-order chi connectivity index (χ1) is 8.95. The maximum absolute atomic E-state index is 5.52. The van der Waals surface area contributed by atoms with E-state index in [1.165, 1.54) is 0 Å². The molecule has 0 aliphatic rings. The van der Waals surface area contributed by atoms with Crippen LogP contribution in [-0.4, -0.2) is 15.0 Å². The van der Waals surface area contributed by atoms with E-state index in [0.717, 1.165) is 27.7 Å². The van der Waals surface area contributed by atoms with Gasteiger partial charge in [0.15, 0.2) is 0 Å². The fraction of sp³-hybridized carbons (Fsp3) is 0.462. The van der Waals surface area contributed by atoms with Crippen molar-refractivity contribution in [2.24, 2.45) is 0 Å². The lowest BCUT2D eigenvalue weighted by Crippen LogP contribution is -2.06. The Bertz CT molecular complexity index is 561. The topological polar surface area (TPSA) is 63.8 Å². The molecule has 0 atom stereocenters. The van der Waals surface area contributed by atoms with Crippen molar-refractivity contribution < 1.29 is 4.42 Å². The molecule has 2 aromatic rings. The van der Waals surface area contributed by atoms with Crippen molar-refractivity contribution >= 4 is 21.7 Å². The molecule has 2 aromatic heterocycles. The summed E-state index contributed by atoms with van der Waals surface area (Å²) in [5.74, 6) is 3.36. The summed E-state index contributed by atoms with van der Waals surface area (Å²) in [6, 6.07) is 1.84. The molecule has 0 aliphatic heterocycles. The maximum atomic E-state index is 5.52. The van der Waals surface area contributed by atoms with Crippen molar-refractivity contribution in [3.8, 4) is 0 Å². The van der Waals surface area contributed by atoms with Crippen molar-refractivity contribution in [3.63, 3.8) is 0 Å². The average molecular weight is 325 g/mol. The second-order valence-electron chi connectivity index (χ2n) is 4.69. The Morgan fingerprint density at radius 2 is 2.00 bits per heavy atom. The lowest BCUT2D eigenvalue weighted by molar-refractivity contribution is 0.478. The Kier molecular flexibility index (Phi) is 4.19. The summed E-state index contributed by atoms with van der Waals surface area (Å²) in [5, 5.41) is 3.20. The Morgan fingerprint density at radius 1 is 1.26 bits per heavy atom. The molecule has 5 nitrogen and oxygen atoms in total. The van der Waals surface area contributed by atoms with E-state index >= 15 is 0 Å². The molecule has 0 aliphatic carbocycles. The number of oxazole rings is 1. The molecule has 102 valence electrons. The number of hydrogen-bond donors (Lipinski definition) is 1. The molecule has 2 heterocycles. The number of rotatable bonds is 4. The minimum atomic E-state index is 0.282. The largest absolute Gasteiger partial charge is 0.444 e. The van der Waals surface area contributed by atoms with Crippen molar-refractivity contribution in [1.82, 2.24) is 15.0 Å². The van der Waals surface area contributed by atoms with Gasteiger partial charge < -0.3 is 9.73 Å². The van der Waals surface area contributed by atoms with Crippen molar-refractivity contribution in [2.45, 2.75) is 40.2 Å². The molecule has 1 N–H and O–H groups in total. The van der Waals surface area contributed by atoms with Crippen LogP contribution in [0.1, 0.15) is 42.9 Å². The standard InChI is InChI=1S/C13H17BrN4O/c1-7(2)13-17-10(14)5-11(18-13)15-6-12-16-8(3)9(4)19-12/h5,7H,6H2,1-4H3,(H,15,17,18). The number of halogens is 1. The Morgan fingerprint density at radius 3 is 2.58 bits per heavy atom. The fourth-order valence-electron chi connectivity index (χ4n) is 1.56. The third-order valence-electron chi connectivity index (χ3n) is 2.72. The minimum Gasteiger partial charge on any atom is -0.444 e. The van der Waals surface area contributed by atoms with E-state index in [1.807, 2.05) is 19.9 Å². The number of nitrogens with zero attached hydrogens (tertiary/aromatic N) is 3. The molecule has 0 saturated heterocycles. The number of nitrogens with one attached hydrogen (secondary N) is 1. The van der Waals surface area contributed by atoms with Crippen LogP contribution < -0.4 is 5.32 Å². The molecule has 0 saturated carbocycles. The highest BCUT2D eigenvalue weighted by atomic mass is 79.9. The van der Waals surface area contributed by atoms with Gasteiger partial charge in [-0.2, -0.15) is 0 Å². The van der Waals surface area contributed by atoms with E-state index in [4.69, 9.17) is 4.42 Å². The summed E-state index contributed by atoms with van der Waals surface area (Å²) in [6.07, 6.45) is 0. The van der Waals surface area contributed by atoms with Crippen LogP contribution in [0.2, 0.25) is 0 Å². The Labute approximate surface area is 121 Å². The lowest BCUT2D eigenvalue weighted by atomic mass is 10.2. The van der Waals surface area contributed by atoms with E-state index in [1.54, 1.807) is 0 Å². The number of hydrogen-bond acceptors (Lipinski definition) is 5. The van der Waals surface area contributed by atoms with Crippen LogP contribution in [0.3, 0.4) is 0 Å². The highest BCUT2D eigenvalue weighted by molar-refractivity contribution is 9.10. The molecule has 0 bridgehead atoms. The van der Waals surface area contributed by atoms with Crippen molar-refractivity contribution in [3.05, 3.63) is 33.8 Å². The van der Waals surface area contributed by atoms with Crippen molar-refractivity contribution in [1.29, 1.82) is 0 Å². The first-order valence-corrected chi connectivity index (χ1v) is 6.96. The fourth-order valence-corrected chi connectivity index (χ4v) is 1.96. The van der Waals surface area contributed by atoms with Gasteiger partial charge in [0.2, 0.25) is 5.89 Å². The maximum Gasteiger partial charge on any atom is 0.213 e. The third kappa shape index (κ3) is 3.53. The molecule has 19 heavy (non-hydrogen) atoms. The predicted molar refractivity (Wildman–Crippen MR) is 77.1 cm³/mol. The van der Waals surface area contributed by atoms with Gasteiger partial charge >= 0.3 is 0 Å². The average Bonchev–Trinajstić information content (AvgIpc) is 2.65. The van der Waals surface area contributed by atoms with Crippen LogP contribution in [0.15, 0.2) is 15.1 Å². The zero-order valence-electron chi connectivity index (χ0n) is 11.5. The quantitative estimate of drug-likeness (QED) is 0.871. The molecule has 0 fully saturated rings. The second-order valence-corrected chi connectivity index (χ2v) is 5.50. The van der Waals surface area contributed by atoms with Gasteiger partial charge in [-0.3, -0.25) is 0 Å². The summed E-state index contributed by atoms with van der Waals surface area (Å²) >= 11 is 3.39. The summed E-state index contributed by atoms with van der Waals surface area (Å²) in [5.41, 5.74) is 0.920. The third-order valence-corrected chi connectivity index (χ3v) is 3.13. The van der Waals surface area contributed by atoms with E-state index in [9.17, 15) is 0 Å². The monoisotopic (exact) mass is 324 g/mol. The molecule has 0 aromatic carbocycles. The highest BCUT2D eigenvalue weighted by Crippen LogP contribution is 2.18. The molecule has 6 heteroatoms. The minimum absolute atomic E-state index is 0.282. The van der Waals surface area contributed by atoms with E-state index in [2.05, 4.69) is 50.0 Å². The zero-order valence-corrected chi connectivity index (χ0v) is 13.1.